The number of piperidine rings is 1. The summed E-state index contributed by atoms with van der Waals surface area (Å²) in [6, 6.07) is 14.1. The molecule has 0 atom stereocenters. The standard InChI is InChI=1S/C29H31BrClF2N5O/c30-25-16-22(29(39)35-17-21-3-6-26(32)27(33)15-21)18-34-28(25)38-13-11-37(12-14-38)24-7-9-36(10-8-24)19-20-1-4-23(31)5-2-20/h1-6,15-16,18,24H,7-14,17,19H2,(H,35,39). The van der Waals surface area contributed by atoms with Crippen molar-refractivity contribution in [1.29, 1.82) is 0 Å². The van der Waals surface area contributed by atoms with Crippen LogP contribution in [0.25, 0.3) is 0 Å². The highest BCUT2D eigenvalue weighted by atomic mass is 79.9. The maximum Gasteiger partial charge on any atom is 0.253 e. The zero-order valence-electron chi connectivity index (χ0n) is 21.6. The van der Waals surface area contributed by atoms with E-state index in [4.69, 9.17) is 11.6 Å². The van der Waals surface area contributed by atoms with E-state index in [2.05, 4.69) is 53.1 Å². The minimum atomic E-state index is -0.935. The number of aromatic nitrogens is 1. The van der Waals surface area contributed by atoms with Gasteiger partial charge in [-0.3, -0.25) is 14.6 Å². The summed E-state index contributed by atoms with van der Waals surface area (Å²) in [5.74, 6) is -1.35. The molecule has 1 N–H and O–H groups in total. The average molecular weight is 619 g/mol. The zero-order valence-corrected chi connectivity index (χ0v) is 23.9. The molecule has 0 spiro atoms. The predicted octanol–water partition coefficient (Wildman–Crippen LogP) is 5.49. The van der Waals surface area contributed by atoms with Crippen LogP contribution in [-0.2, 0) is 13.1 Å². The van der Waals surface area contributed by atoms with Gasteiger partial charge < -0.3 is 10.2 Å². The highest BCUT2D eigenvalue weighted by molar-refractivity contribution is 9.10. The molecule has 2 fully saturated rings. The van der Waals surface area contributed by atoms with E-state index in [1.54, 1.807) is 12.3 Å². The van der Waals surface area contributed by atoms with Gasteiger partial charge in [-0.05, 0) is 83.3 Å². The molecule has 2 aromatic carbocycles. The maximum atomic E-state index is 13.4. The number of nitrogens with zero attached hydrogens (tertiary/aromatic N) is 4. The summed E-state index contributed by atoms with van der Waals surface area (Å²) in [7, 11) is 0. The predicted molar refractivity (Wildman–Crippen MR) is 153 cm³/mol. The van der Waals surface area contributed by atoms with Gasteiger partial charge in [0.05, 0.1) is 10.0 Å². The molecule has 3 aromatic rings. The molecule has 10 heteroatoms. The van der Waals surface area contributed by atoms with Gasteiger partial charge in [-0.1, -0.05) is 29.8 Å². The van der Waals surface area contributed by atoms with E-state index in [-0.39, 0.29) is 12.5 Å². The number of likely N-dealkylation sites (tertiary alicyclic amines) is 1. The molecule has 1 amide bonds. The summed E-state index contributed by atoms with van der Waals surface area (Å²) in [5, 5.41) is 3.51. The number of benzene rings is 2. The normalized spacial score (nSPS) is 17.4. The van der Waals surface area contributed by atoms with E-state index in [9.17, 15) is 13.6 Å². The van der Waals surface area contributed by atoms with Gasteiger partial charge in [-0.15, -0.1) is 0 Å². The van der Waals surface area contributed by atoms with Crippen LogP contribution in [0.1, 0.15) is 34.3 Å². The smallest absolute Gasteiger partial charge is 0.253 e. The van der Waals surface area contributed by atoms with Crippen LogP contribution >= 0.6 is 27.5 Å². The van der Waals surface area contributed by atoms with Crippen molar-refractivity contribution in [2.45, 2.75) is 32.0 Å². The monoisotopic (exact) mass is 617 g/mol. The number of halogens is 4. The van der Waals surface area contributed by atoms with Crippen LogP contribution in [0.2, 0.25) is 5.02 Å². The summed E-state index contributed by atoms with van der Waals surface area (Å²) in [6.45, 7) is 6.96. The molecule has 0 bridgehead atoms. The Kier molecular flexibility index (Phi) is 9.12. The Morgan fingerprint density at radius 2 is 1.64 bits per heavy atom. The van der Waals surface area contributed by atoms with Crippen molar-refractivity contribution in [3.05, 3.63) is 92.5 Å². The minimum Gasteiger partial charge on any atom is -0.353 e. The Morgan fingerprint density at radius 3 is 2.31 bits per heavy atom. The van der Waals surface area contributed by atoms with Crippen molar-refractivity contribution in [1.82, 2.24) is 20.1 Å². The van der Waals surface area contributed by atoms with E-state index < -0.39 is 11.6 Å². The first-order chi connectivity index (χ1) is 18.9. The Morgan fingerprint density at radius 1 is 0.949 bits per heavy atom. The van der Waals surface area contributed by atoms with Crippen LogP contribution in [0.15, 0.2) is 59.2 Å². The van der Waals surface area contributed by atoms with Gasteiger partial charge in [0.15, 0.2) is 11.6 Å². The lowest BCUT2D eigenvalue weighted by molar-refractivity contribution is 0.0950. The van der Waals surface area contributed by atoms with Gasteiger partial charge >= 0.3 is 0 Å². The summed E-state index contributed by atoms with van der Waals surface area (Å²) in [4.78, 5) is 24.5. The van der Waals surface area contributed by atoms with E-state index in [0.29, 0.717) is 17.2 Å². The number of anilines is 1. The third kappa shape index (κ3) is 7.14. The second kappa shape index (κ2) is 12.7. The van der Waals surface area contributed by atoms with Crippen molar-refractivity contribution in [3.63, 3.8) is 0 Å². The number of hydrogen-bond donors (Lipinski definition) is 1. The molecule has 1 aromatic heterocycles. The minimum absolute atomic E-state index is 0.0947. The van der Waals surface area contributed by atoms with Crippen molar-refractivity contribution in [2.24, 2.45) is 0 Å². The number of rotatable bonds is 7. The van der Waals surface area contributed by atoms with E-state index >= 15 is 0 Å². The molecular weight excluding hydrogens is 588 g/mol. The number of piperazine rings is 1. The van der Waals surface area contributed by atoms with E-state index in [0.717, 1.165) is 73.3 Å². The summed E-state index contributed by atoms with van der Waals surface area (Å²) >= 11 is 9.60. The quantitative estimate of drug-likeness (QED) is 0.380. The van der Waals surface area contributed by atoms with E-state index in [1.807, 2.05) is 12.1 Å². The third-order valence-electron chi connectivity index (χ3n) is 7.53. The Balaban J connectivity index is 1.08. The van der Waals surface area contributed by atoms with Crippen LogP contribution in [0.4, 0.5) is 14.6 Å². The molecule has 2 aliphatic heterocycles. The summed E-state index contributed by atoms with van der Waals surface area (Å²) < 4.78 is 27.3. The highest BCUT2D eigenvalue weighted by Crippen LogP contribution is 2.27. The second-order valence-electron chi connectivity index (χ2n) is 10.1. The molecular formula is C29H31BrClF2N5O. The molecule has 3 heterocycles. The lowest BCUT2D eigenvalue weighted by Crippen LogP contribution is -2.53. The second-order valence-corrected chi connectivity index (χ2v) is 11.4. The molecule has 6 nitrogen and oxygen atoms in total. The molecule has 2 saturated heterocycles. The van der Waals surface area contributed by atoms with Crippen LogP contribution in [-0.4, -0.2) is 66.0 Å². The van der Waals surface area contributed by atoms with Crippen LogP contribution in [0.5, 0.6) is 0 Å². The largest absolute Gasteiger partial charge is 0.353 e. The Bertz CT molecular complexity index is 1300. The van der Waals surface area contributed by atoms with Crippen LogP contribution in [0, 0.1) is 11.6 Å². The van der Waals surface area contributed by atoms with Gasteiger partial charge in [0.1, 0.15) is 5.82 Å². The Labute approximate surface area is 241 Å². The fourth-order valence-electron chi connectivity index (χ4n) is 5.31. The maximum absolute atomic E-state index is 13.4. The number of nitrogens with one attached hydrogen (secondary N) is 1. The SMILES string of the molecule is O=C(NCc1ccc(F)c(F)c1)c1cnc(N2CCN(C3CCN(Cc4ccc(Cl)cc4)CC3)CC2)c(Br)c1. The molecule has 2 aliphatic rings. The number of carbonyl (C=O) groups is 1. The topological polar surface area (TPSA) is 51.7 Å². The first-order valence-corrected chi connectivity index (χ1v) is 14.4. The van der Waals surface area contributed by atoms with Gasteiger partial charge in [0, 0.05) is 56.5 Å². The molecule has 0 unspecified atom stereocenters. The Hall–Kier alpha value is -2.59. The summed E-state index contributed by atoms with van der Waals surface area (Å²) in [5.41, 5.74) is 2.18. The van der Waals surface area contributed by atoms with Crippen LogP contribution < -0.4 is 10.2 Å². The zero-order chi connectivity index (χ0) is 27.4. The molecule has 0 saturated carbocycles. The van der Waals surface area contributed by atoms with Gasteiger partial charge in [-0.2, -0.15) is 0 Å². The van der Waals surface area contributed by atoms with Crippen molar-refractivity contribution in [2.75, 3.05) is 44.2 Å². The number of carbonyl (C=O) groups excluding carboxylic acids is 1. The third-order valence-corrected chi connectivity index (χ3v) is 8.36. The molecule has 0 aliphatic carbocycles. The fourth-order valence-corrected chi connectivity index (χ4v) is 6.04. The lowest BCUT2D eigenvalue weighted by Gasteiger charge is -2.43. The molecule has 5 rings (SSSR count). The van der Waals surface area contributed by atoms with Crippen molar-refractivity contribution < 1.29 is 13.6 Å². The number of amides is 1. The van der Waals surface area contributed by atoms with Crippen LogP contribution in [0.3, 0.4) is 0 Å². The highest BCUT2D eigenvalue weighted by Gasteiger charge is 2.28. The first kappa shape index (κ1) is 28.0. The van der Waals surface area contributed by atoms with Crippen molar-refractivity contribution in [3.8, 4) is 0 Å². The van der Waals surface area contributed by atoms with Crippen molar-refractivity contribution >= 4 is 39.3 Å². The van der Waals surface area contributed by atoms with Gasteiger partial charge in [-0.25, -0.2) is 13.8 Å². The van der Waals surface area contributed by atoms with Gasteiger partial charge in [0.25, 0.3) is 5.91 Å². The number of hydrogen-bond acceptors (Lipinski definition) is 5. The molecule has 39 heavy (non-hydrogen) atoms. The van der Waals surface area contributed by atoms with E-state index in [1.165, 1.54) is 24.5 Å². The average Bonchev–Trinajstić information content (AvgIpc) is 2.95. The first-order valence-electron chi connectivity index (χ1n) is 13.2. The fraction of sp³-hybridized carbons (Fsp3) is 0.379. The molecule has 0 radical (unpaired) electrons. The lowest BCUT2D eigenvalue weighted by atomic mass is 10.0. The summed E-state index contributed by atoms with van der Waals surface area (Å²) in [6.07, 6.45) is 3.90. The molecule has 206 valence electrons. The van der Waals surface area contributed by atoms with Gasteiger partial charge in [0.2, 0.25) is 0 Å². The number of pyridine rings is 1.